The van der Waals surface area contributed by atoms with Gasteiger partial charge in [-0.05, 0) is 48.7 Å². The van der Waals surface area contributed by atoms with Crippen molar-refractivity contribution in [2.45, 2.75) is 25.1 Å². The predicted molar refractivity (Wildman–Crippen MR) is 71.2 cm³/mol. The van der Waals surface area contributed by atoms with Crippen LogP contribution in [0.2, 0.25) is 0 Å². The maximum atomic E-state index is 12.7. The number of ether oxygens (including phenoxy) is 1. The summed E-state index contributed by atoms with van der Waals surface area (Å²) < 4.78 is 43.7. The Morgan fingerprint density at radius 3 is 2.33 bits per heavy atom. The number of H-pyrrole nitrogens is 1. The van der Waals surface area contributed by atoms with Gasteiger partial charge in [0.2, 0.25) is 5.56 Å². The van der Waals surface area contributed by atoms with Crippen LogP contribution in [0.5, 0.6) is 5.75 Å². The van der Waals surface area contributed by atoms with E-state index in [0.717, 1.165) is 18.9 Å². The molecular formula is C15H12F3NO2. The molecule has 110 valence electrons. The van der Waals surface area contributed by atoms with E-state index in [1.165, 1.54) is 0 Å². The van der Waals surface area contributed by atoms with Crippen LogP contribution in [0.3, 0.4) is 0 Å². The maximum Gasteiger partial charge on any atom is 0.416 e. The second-order valence-corrected chi connectivity index (χ2v) is 4.99. The molecule has 0 saturated heterocycles. The van der Waals surface area contributed by atoms with E-state index in [4.69, 9.17) is 4.74 Å². The van der Waals surface area contributed by atoms with Crippen LogP contribution in [-0.4, -0.2) is 11.1 Å². The number of alkyl halides is 3. The Morgan fingerprint density at radius 2 is 1.76 bits per heavy atom. The molecule has 3 rings (SSSR count). The topological polar surface area (TPSA) is 42.1 Å². The molecule has 0 bridgehead atoms. The summed E-state index contributed by atoms with van der Waals surface area (Å²) in [4.78, 5) is 13.8. The highest BCUT2D eigenvalue weighted by Crippen LogP contribution is 2.31. The molecule has 1 fully saturated rings. The minimum absolute atomic E-state index is 0.132. The number of pyridine rings is 1. The smallest absolute Gasteiger partial charge is 0.416 e. The highest BCUT2D eigenvalue weighted by molar-refractivity contribution is 5.60. The fourth-order valence-electron chi connectivity index (χ4n) is 1.95. The summed E-state index contributed by atoms with van der Waals surface area (Å²) >= 11 is 0. The summed E-state index contributed by atoms with van der Waals surface area (Å²) in [5, 5.41) is 0. The summed E-state index contributed by atoms with van der Waals surface area (Å²) in [6, 6.07) is 8.11. The monoisotopic (exact) mass is 295 g/mol. The molecule has 0 amide bonds. The van der Waals surface area contributed by atoms with Crippen LogP contribution in [0, 0.1) is 0 Å². The molecule has 1 saturated carbocycles. The van der Waals surface area contributed by atoms with E-state index in [0.29, 0.717) is 17.4 Å². The molecule has 0 radical (unpaired) electrons. The second-order valence-electron chi connectivity index (χ2n) is 4.99. The fourth-order valence-corrected chi connectivity index (χ4v) is 1.95. The van der Waals surface area contributed by atoms with Crippen molar-refractivity contribution >= 4 is 0 Å². The lowest BCUT2D eigenvalue weighted by Gasteiger charge is -2.09. The molecular weight excluding hydrogens is 283 g/mol. The molecule has 1 aromatic carbocycles. The molecule has 3 nitrogen and oxygen atoms in total. The molecule has 0 atom stereocenters. The normalized spacial score (nSPS) is 15.0. The highest BCUT2D eigenvalue weighted by Gasteiger charge is 2.31. The van der Waals surface area contributed by atoms with Crippen molar-refractivity contribution in [3.05, 3.63) is 52.3 Å². The molecule has 0 unspecified atom stereocenters. The van der Waals surface area contributed by atoms with Gasteiger partial charge in [-0.1, -0.05) is 0 Å². The molecule has 0 spiro atoms. The van der Waals surface area contributed by atoms with Crippen LogP contribution >= 0.6 is 0 Å². The lowest BCUT2D eigenvalue weighted by molar-refractivity contribution is -0.137. The molecule has 1 aliphatic rings. The van der Waals surface area contributed by atoms with E-state index in [1.54, 1.807) is 24.3 Å². The van der Waals surface area contributed by atoms with Crippen molar-refractivity contribution in [2.75, 3.05) is 0 Å². The van der Waals surface area contributed by atoms with Gasteiger partial charge in [0.1, 0.15) is 5.75 Å². The number of benzene rings is 1. The first-order valence-corrected chi connectivity index (χ1v) is 6.50. The molecule has 21 heavy (non-hydrogen) atoms. The van der Waals surface area contributed by atoms with Gasteiger partial charge in [0, 0.05) is 11.8 Å². The number of nitrogens with one attached hydrogen (secondary N) is 1. The summed E-state index contributed by atoms with van der Waals surface area (Å²) in [5.74, 6) is 0.676. The minimum Gasteiger partial charge on any atom is -0.490 e. The molecule has 1 aliphatic carbocycles. The Bertz CT molecular complexity index is 700. The van der Waals surface area contributed by atoms with Crippen molar-refractivity contribution in [3.63, 3.8) is 0 Å². The second kappa shape index (κ2) is 4.95. The largest absolute Gasteiger partial charge is 0.490 e. The quantitative estimate of drug-likeness (QED) is 0.940. The van der Waals surface area contributed by atoms with Crippen LogP contribution in [-0.2, 0) is 6.18 Å². The Kier molecular flexibility index (Phi) is 3.23. The zero-order chi connectivity index (χ0) is 15.0. The number of halogens is 3. The summed E-state index contributed by atoms with van der Waals surface area (Å²) in [5.41, 5.74) is -1.10. The van der Waals surface area contributed by atoms with E-state index in [-0.39, 0.29) is 11.8 Å². The summed E-state index contributed by atoms with van der Waals surface area (Å²) in [7, 11) is 0. The zero-order valence-electron chi connectivity index (χ0n) is 10.9. The average Bonchev–Trinajstić information content (AvgIpc) is 3.22. The third-order valence-corrected chi connectivity index (χ3v) is 3.16. The Balaban J connectivity index is 1.92. The van der Waals surface area contributed by atoms with Gasteiger partial charge in [0.25, 0.3) is 0 Å². The Morgan fingerprint density at radius 1 is 1.10 bits per heavy atom. The Hall–Kier alpha value is -2.24. The summed E-state index contributed by atoms with van der Waals surface area (Å²) in [6.07, 6.45) is -2.23. The first-order chi connectivity index (χ1) is 9.91. The highest BCUT2D eigenvalue weighted by atomic mass is 19.4. The maximum absolute atomic E-state index is 12.7. The molecule has 1 aromatic heterocycles. The standard InChI is InChI=1S/C15H12F3NO2/c16-15(17,18)10-7-13(19-14(20)8-10)9-1-3-11(4-2-9)21-12-5-6-12/h1-4,7-8,12H,5-6H2,(H,19,20). The van der Waals surface area contributed by atoms with Crippen LogP contribution in [0.15, 0.2) is 41.2 Å². The van der Waals surface area contributed by atoms with Crippen LogP contribution in [0.4, 0.5) is 13.2 Å². The van der Waals surface area contributed by atoms with Gasteiger partial charge in [-0.2, -0.15) is 13.2 Å². The number of hydrogen-bond donors (Lipinski definition) is 1. The predicted octanol–water partition coefficient (Wildman–Crippen LogP) is 3.60. The van der Waals surface area contributed by atoms with Crippen LogP contribution in [0.25, 0.3) is 11.3 Å². The number of hydrogen-bond acceptors (Lipinski definition) is 2. The molecule has 2 aromatic rings. The first kappa shape index (κ1) is 13.7. The van der Waals surface area contributed by atoms with Crippen molar-refractivity contribution in [1.29, 1.82) is 0 Å². The van der Waals surface area contributed by atoms with Crippen molar-refractivity contribution in [1.82, 2.24) is 4.98 Å². The third kappa shape index (κ3) is 3.26. The third-order valence-electron chi connectivity index (χ3n) is 3.16. The SMILES string of the molecule is O=c1cc(C(F)(F)F)cc(-c2ccc(OC3CC3)cc2)[nH]1. The van der Waals surface area contributed by atoms with Gasteiger partial charge in [-0.15, -0.1) is 0 Å². The minimum atomic E-state index is -4.54. The Labute approximate surface area is 118 Å². The van der Waals surface area contributed by atoms with Gasteiger partial charge in [0.15, 0.2) is 0 Å². The van der Waals surface area contributed by atoms with Crippen molar-refractivity contribution < 1.29 is 17.9 Å². The number of aromatic nitrogens is 1. The van der Waals surface area contributed by atoms with Gasteiger partial charge in [-0.25, -0.2) is 0 Å². The molecule has 1 N–H and O–H groups in total. The van der Waals surface area contributed by atoms with Gasteiger partial charge in [0.05, 0.1) is 11.7 Å². The van der Waals surface area contributed by atoms with Crippen LogP contribution < -0.4 is 10.3 Å². The zero-order valence-corrected chi connectivity index (χ0v) is 10.9. The van der Waals surface area contributed by atoms with E-state index in [2.05, 4.69) is 4.98 Å². The number of rotatable bonds is 3. The molecule has 1 heterocycles. The van der Waals surface area contributed by atoms with Gasteiger partial charge in [-0.3, -0.25) is 4.79 Å². The fraction of sp³-hybridized carbons (Fsp3) is 0.267. The van der Waals surface area contributed by atoms with E-state index < -0.39 is 17.3 Å². The van der Waals surface area contributed by atoms with Crippen molar-refractivity contribution in [2.24, 2.45) is 0 Å². The van der Waals surface area contributed by atoms with E-state index in [1.807, 2.05) is 0 Å². The first-order valence-electron chi connectivity index (χ1n) is 6.50. The molecule has 6 heteroatoms. The lowest BCUT2D eigenvalue weighted by Crippen LogP contribution is -2.13. The number of aromatic amines is 1. The molecule has 0 aliphatic heterocycles. The van der Waals surface area contributed by atoms with Crippen LogP contribution in [0.1, 0.15) is 18.4 Å². The summed E-state index contributed by atoms with van der Waals surface area (Å²) in [6.45, 7) is 0. The van der Waals surface area contributed by atoms with E-state index in [9.17, 15) is 18.0 Å². The van der Waals surface area contributed by atoms with Gasteiger partial charge >= 0.3 is 6.18 Å². The lowest BCUT2D eigenvalue weighted by atomic mass is 10.1. The van der Waals surface area contributed by atoms with E-state index >= 15 is 0 Å². The average molecular weight is 295 g/mol. The van der Waals surface area contributed by atoms with Gasteiger partial charge < -0.3 is 9.72 Å². The van der Waals surface area contributed by atoms with Crippen molar-refractivity contribution in [3.8, 4) is 17.0 Å².